The van der Waals surface area contributed by atoms with Crippen LogP contribution >= 0.6 is 0 Å². The molecular formula is C15H22N4O3S. The number of aryl methyl sites for hydroxylation is 2. The maximum Gasteiger partial charge on any atom is 0.262 e. The smallest absolute Gasteiger partial charge is 0.262 e. The average molecular weight is 338 g/mol. The number of nitrogens with zero attached hydrogens (tertiary/aromatic N) is 4. The molecule has 0 N–H and O–H groups in total. The van der Waals surface area contributed by atoms with Gasteiger partial charge in [0.1, 0.15) is 5.76 Å². The molecule has 0 bridgehead atoms. The van der Waals surface area contributed by atoms with Gasteiger partial charge in [-0.3, -0.25) is 0 Å². The second kappa shape index (κ2) is 6.09. The fourth-order valence-corrected chi connectivity index (χ4v) is 3.97. The van der Waals surface area contributed by atoms with E-state index in [1.807, 2.05) is 0 Å². The molecule has 126 valence electrons. The lowest BCUT2D eigenvalue weighted by molar-refractivity contribution is 0.353. The van der Waals surface area contributed by atoms with Gasteiger partial charge in [-0.1, -0.05) is 13.8 Å². The van der Waals surface area contributed by atoms with Gasteiger partial charge in [-0.2, -0.15) is 4.31 Å². The molecule has 3 rings (SSSR count). The monoisotopic (exact) mass is 338 g/mol. The molecule has 0 amide bonds. The second-order valence-corrected chi connectivity index (χ2v) is 8.26. The van der Waals surface area contributed by atoms with Gasteiger partial charge in [0.15, 0.2) is 10.9 Å². The van der Waals surface area contributed by atoms with E-state index in [0.29, 0.717) is 24.8 Å². The van der Waals surface area contributed by atoms with Crippen LogP contribution in [0.2, 0.25) is 0 Å². The molecular weight excluding hydrogens is 316 g/mol. The molecule has 2 aromatic rings. The number of fused-ring (bicyclic) bond motifs is 1. The highest BCUT2D eigenvalue weighted by Gasteiger charge is 2.32. The first kappa shape index (κ1) is 16.2. The molecule has 0 radical (unpaired) electrons. The van der Waals surface area contributed by atoms with Crippen LogP contribution in [0.3, 0.4) is 0 Å². The lowest BCUT2D eigenvalue weighted by Gasteiger charge is -2.23. The molecule has 0 spiro atoms. The second-order valence-electron chi connectivity index (χ2n) is 6.38. The molecule has 0 unspecified atom stereocenters. The Hall–Kier alpha value is -1.67. The zero-order chi connectivity index (χ0) is 16.6. The van der Waals surface area contributed by atoms with Crippen LogP contribution < -0.4 is 0 Å². The van der Waals surface area contributed by atoms with Gasteiger partial charge in [0.25, 0.3) is 10.0 Å². The molecule has 3 heterocycles. The summed E-state index contributed by atoms with van der Waals surface area (Å²) in [4.78, 5) is 8.45. The van der Waals surface area contributed by atoms with Gasteiger partial charge >= 0.3 is 0 Å². The van der Waals surface area contributed by atoms with Gasteiger partial charge < -0.3 is 8.98 Å². The molecule has 7 nitrogen and oxygen atoms in total. The summed E-state index contributed by atoms with van der Waals surface area (Å²) in [6, 6.07) is 0. The number of aromatic nitrogens is 3. The van der Waals surface area contributed by atoms with Crippen LogP contribution in [0.1, 0.15) is 37.6 Å². The van der Waals surface area contributed by atoms with Crippen LogP contribution in [0.5, 0.6) is 0 Å². The van der Waals surface area contributed by atoms with Crippen LogP contribution in [-0.4, -0.2) is 33.8 Å². The van der Waals surface area contributed by atoms with Crippen molar-refractivity contribution in [2.24, 2.45) is 13.0 Å². The molecule has 0 aliphatic carbocycles. The Bertz CT molecular complexity index is 792. The third-order valence-electron chi connectivity index (χ3n) is 3.96. The summed E-state index contributed by atoms with van der Waals surface area (Å²) in [7, 11) is -1.83. The zero-order valence-electron chi connectivity index (χ0n) is 13.7. The van der Waals surface area contributed by atoms with Crippen molar-refractivity contribution in [2.45, 2.75) is 44.7 Å². The average Bonchev–Trinajstić information content (AvgIpc) is 3.10. The number of hydrogen-bond acceptors (Lipinski definition) is 5. The van der Waals surface area contributed by atoms with E-state index in [-0.39, 0.29) is 11.6 Å². The van der Waals surface area contributed by atoms with E-state index in [4.69, 9.17) is 4.42 Å². The number of sulfonamides is 1. The van der Waals surface area contributed by atoms with Gasteiger partial charge in [0.05, 0.1) is 18.6 Å². The number of rotatable bonds is 5. The van der Waals surface area contributed by atoms with E-state index in [1.54, 1.807) is 11.6 Å². The molecule has 8 heteroatoms. The maximum absolute atomic E-state index is 12.6. The van der Waals surface area contributed by atoms with Crippen LogP contribution in [0, 0.1) is 5.92 Å². The Balaban J connectivity index is 1.77. The molecule has 23 heavy (non-hydrogen) atoms. The highest BCUT2D eigenvalue weighted by Crippen LogP contribution is 2.25. The highest BCUT2D eigenvalue weighted by molar-refractivity contribution is 7.89. The minimum atomic E-state index is -3.58. The van der Waals surface area contributed by atoms with Crippen LogP contribution in [0.25, 0.3) is 0 Å². The quantitative estimate of drug-likeness (QED) is 0.829. The van der Waals surface area contributed by atoms with Crippen molar-refractivity contribution >= 4 is 10.0 Å². The molecule has 0 aromatic carbocycles. The lowest BCUT2D eigenvalue weighted by Crippen LogP contribution is -2.36. The maximum atomic E-state index is 12.6. The Morgan fingerprint density at radius 2 is 2.17 bits per heavy atom. The first-order valence-corrected chi connectivity index (χ1v) is 9.26. The minimum absolute atomic E-state index is 0.0759. The minimum Gasteiger partial charge on any atom is -0.445 e. The predicted octanol–water partition coefficient (Wildman–Crippen LogP) is 1.74. The summed E-state index contributed by atoms with van der Waals surface area (Å²) in [6.07, 6.45) is 5.35. The van der Waals surface area contributed by atoms with E-state index < -0.39 is 10.0 Å². The molecule has 1 aliphatic heterocycles. The van der Waals surface area contributed by atoms with Gasteiger partial charge in [-0.15, -0.1) is 0 Å². The van der Waals surface area contributed by atoms with Crippen LogP contribution in [-0.2, 0) is 36.5 Å². The summed E-state index contributed by atoms with van der Waals surface area (Å²) < 4.78 is 34.1. The Morgan fingerprint density at radius 3 is 2.83 bits per heavy atom. The van der Waals surface area contributed by atoms with E-state index in [0.717, 1.165) is 24.3 Å². The third-order valence-corrected chi connectivity index (χ3v) is 5.69. The van der Waals surface area contributed by atoms with Crippen molar-refractivity contribution in [3.8, 4) is 0 Å². The van der Waals surface area contributed by atoms with Crippen LogP contribution in [0.15, 0.2) is 22.0 Å². The van der Waals surface area contributed by atoms with E-state index >= 15 is 0 Å². The fraction of sp³-hybridized carbons (Fsp3) is 0.600. The Morgan fingerprint density at radius 1 is 1.39 bits per heavy atom. The standard InChI is InChI=1S/C15H22N4O3S/c1-11(2)4-5-14-17-12-8-19(7-6-13(12)22-14)23(20,21)15-9-18(3)10-16-15/h9-11H,4-8H2,1-3H3. The Labute approximate surface area is 136 Å². The lowest BCUT2D eigenvalue weighted by atomic mass is 10.1. The van der Waals surface area contributed by atoms with E-state index in [9.17, 15) is 8.42 Å². The van der Waals surface area contributed by atoms with Crippen LogP contribution in [0.4, 0.5) is 0 Å². The molecule has 2 aromatic heterocycles. The van der Waals surface area contributed by atoms with Crippen molar-refractivity contribution in [3.05, 3.63) is 29.9 Å². The molecule has 0 saturated heterocycles. The van der Waals surface area contributed by atoms with Crippen molar-refractivity contribution in [3.63, 3.8) is 0 Å². The SMILES string of the molecule is CC(C)CCc1nc2c(o1)CCN(S(=O)(=O)c1cn(C)cn1)C2. The zero-order valence-corrected chi connectivity index (χ0v) is 14.5. The largest absolute Gasteiger partial charge is 0.445 e. The van der Waals surface area contributed by atoms with Gasteiger partial charge in [0.2, 0.25) is 0 Å². The topological polar surface area (TPSA) is 81.2 Å². The summed E-state index contributed by atoms with van der Waals surface area (Å²) in [5.74, 6) is 2.11. The summed E-state index contributed by atoms with van der Waals surface area (Å²) in [6.45, 7) is 4.96. The summed E-state index contributed by atoms with van der Waals surface area (Å²) in [5, 5.41) is 0.0759. The van der Waals surface area contributed by atoms with E-state index in [1.165, 1.54) is 16.8 Å². The fourth-order valence-electron chi connectivity index (χ4n) is 2.61. The van der Waals surface area contributed by atoms with Gasteiger partial charge in [0, 0.05) is 32.6 Å². The summed E-state index contributed by atoms with van der Waals surface area (Å²) >= 11 is 0. The summed E-state index contributed by atoms with van der Waals surface area (Å²) in [5.41, 5.74) is 0.731. The Kier molecular flexibility index (Phi) is 4.29. The molecule has 0 atom stereocenters. The normalized spacial score (nSPS) is 16.0. The van der Waals surface area contributed by atoms with Crippen molar-refractivity contribution in [1.29, 1.82) is 0 Å². The predicted molar refractivity (Wildman–Crippen MR) is 84.2 cm³/mol. The first-order valence-electron chi connectivity index (χ1n) is 7.82. The molecule has 0 fully saturated rings. The first-order chi connectivity index (χ1) is 10.9. The van der Waals surface area contributed by atoms with Gasteiger partial charge in [-0.25, -0.2) is 18.4 Å². The van der Waals surface area contributed by atoms with Crippen molar-refractivity contribution < 1.29 is 12.8 Å². The highest BCUT2D eigenvalue weighted by atomic mass is 32.2. The van der Waals surface area contributed by atoms with Gasteiger partial charge in [-0.05, 0) is 12.3 Å². The number of hydrogen-bond donors (Lipinski definition) is 0. The van der Waals surface area contributed by atoms with Crippen molar-refractivity contribution in [2.75, 3.05) is 6.54 Å². The molecule has 0 saturated carbocycles. The van der Waals surface area contributed by atoms with E-state index in [2.05, 4.69) is 23.8 Å². The van der Waals surface area contributed by atoms with Crippen molar-refractivity contribution in [1.82, 2.24) is 18.8 Å². The number of oxazole rings is 1. The number of imidazole rings is 1. The molecule has 1 aliphatic rings. The third kappa shape index (κ3) is 3.32.